The van der Waals surface area contributed by atoms with Gasteiger partial charge in [-0.25, -0.2) is 4.39 Å². The first-order valence-electron chi connectivity index (χ1n) is 5.07. The van der Waals surface area contributed by atoms with Crippen molar-refractivity contribution in [1.82, 2.24) is 4.98 Å². The molecule has 2 N–H and O–H groups in total. The summed E-state index contributed by atoms with van der Waals surface area (Å²) < 4.78 is 50.6. The van der Waals surface area contributed by atoms with Gasteiger partial charge >= 0.3 is 6.18 Å². The van der Waals surface area contributed by atoms with Gasteiger partial charge in [0.1, 0.15) is 11.9 Å². The lowest BCUT2D eigenvalue weighted by molar-refractivity contribution is -0.140. The molecule has 0 aliphatic rings. The van der Waals surface area contributed by atoms with E-state index in [-0.39, 0.29) is 5.56 Å². The number of hydrogen-bond acceptors (Lipinski definition) is 1. The van der Waals surface area contributed by atoms with Gasteiger partial charge in [-0.05, 0) is 23.8 Å². The first kappa shape index (κ1) is 12.6. The Kier molecular flexibility index (Phi) is 3.13. The second kappa shape index (κ2) is 4.45. The maximum atomic E-state index is 13.1. The van der Waals surface area contributed by atoms with E-state index in [1.807, 2.05) is 0 Å². The Morgan fingerprint density at radius 3 is 2.39 bits per heavy atom. The molecule has 0 bridgehead atoms. The summed E-state index contributed by atoms with van der Waals surface area (Å²) in [6.45, 7) is 0. The van der Waals surface area contributed by atoms with Crippen LogP contribution in [-0.2, 0) is 6.18 Å². The molecule has 2 rings (SSSR count). The predicted octanol–water partition coefficient (Wildman–Crippen LogP) is 3.25. The SMILES string of the molecule is OC(c1cc[nH]c1)c1ccc(F)c(C(F)(F)F)c1. The standard InChI is InChI=1S/C12H9F4NO/c13-10-2-1-7(5-9(10)12(14,15)16)11(18)8-3-4-17-6-8/h1-6,11,17-18H. The summed E-state index contributed by atoms with van der Waals surface area (Å²) in [5, 5.41) is 9.85. The summed E-state index contributed by atoms with van der Waals surface area (Å²) >= 11 is 0. The van der Waals surface area contributed by atoms with E-state index in [9.17, 15) is 22.7 Å². The first-order valence-corrected chi connectivity index (χ1v) is 5.07. The lowest BCUT2D eigenvalue weighted by atomic mass is 10.0. The molecule has 0 spiro atoms. The number of aromatic nitrogens is 1. The van der Waals surface area contributed by atoms with Gasteiger partial charge < -0.3 is 10.1 Å². The molecule has 1 unspecified atom stereocenters. The number of aliphatic hydroxyl groups is 1. The minimum absolute atomic E-state index is 0.0108. The molecule has 0 saturated carbocycles. The Hall–Kier alpha value is -1.82. The molecule has 2 aromatic rings. The average Bonchev–Trinajstić information content (AvgIpc) is 2.80. The van der Waals surface area contributed by atoms with E-state index in [1.165, 1.54) is 18.5 Å². The highest BCUT2D eigenvalue weighted by atomic mass is 19.4. The molecule has 0 fully saturated rings. The Morgan fingerprint density at radius 1 is 1.11 bits per heavy atom. The molecule has 1 atom stereocenters. The Balaban J connectivity index is 2.42. The van der Waals surface area contributed by atoms with Crippen molar-refractivity contribution in [2.24, 2.45) is 0 Å². The van der Waals surface area contributed by atoms with Crippen LogP contribution >= 0.6 is 0 Å². The summed E-state index contributed by atoms with van der Waals surface area (Å²) in [5.41, 5.74) is -0.979. The zero-order chi connectivity index (χ0) is 13.3. The smallest absolute Gasteiger partial charge is 0.384 e. The summed E-state index contributed by atoms with van der Waals surface area (Å²) in [6, 6.07) is 3.98. The molecule has 96 valence electrons. The van der Waals surface area contributed by atoms with Gasteiger partial charge in [0.05, 0.1) is 5.56 Å². The second-order valence-electron chi connectivity index (χ2n) is 3.78. The highest BCUT2D eigenvalue weighted by Crippen LogP contribution is 2.34. The van der Waals surface area contributed by atoms with Crippen molar-refractivity contribution in [3.05, 3.63) is 59.2 Å². The average molecular weight is 259 g/mol. The first-order chi connectivity index (χ1) is 8.39. The van der Waals surface area contributed by atoms with Crippen LogP contribution in [0.25, 0.3) is 0 Å². The third-order valence-corrected chi connectivity index (χ3v) is 2.55. The zero-order valence-corrected chi connectivity index (χ0v) is 9.00. The predicted molar refractivity (Wildman–Crippen MR) is 56.3 cm³/mol. The molecule has 0 radical (unpaired) electrons. The van der Waals surface area contributed by atoms with Crippen molar-refractivity contribution >= 4 is 0 Å². The molecule has 2 nitrogen and oxygen atoms in total. The molecule has 18 heavy (non-hydrogen) atoms. The Labute approximate surface area is 99.9 Å². The van der Waals surface area contributed by atoms with Crippen LogP contribution in [0.4, 0.5) is 17.6 Å². The maximum Gasteiger partial charge on any atom is 0.419 e. The maximum absolute atomic E-state index is 13.1. The van der Waals surface area contributed by atoms with Crippen molar-refractivity contribution < 1.29 is 22.7 Å². The number of benzene rings is 1. The Morgan fingerprint density at radius 2 is 1.83 bits per heavy atom. The highest BCUT2D eigenvalue weighted by molar-refractivity contribution is 5.33. The number of aliphatic hydroxyl groups excluding tert-OH is 1. The van der Waals surface area contributed by atoms with Crippen LogP contribution in [0.1, 0.15) is 22.8 Å². The van der Waals surface area contributed by atoms with Gasteiger partial charge in [0.2, 0.25) is 0 Å². The molecule has 1 heterocycles. The molecule has 0 aliphatic heterocycles. The van der Waals surface area contributed by atoms with E-state index >= 15 is 0 Å². The van der Waals surface area contributed by atoms with Crippen LogP contribution in [0, 0.1) is 5.82 Å². The van der Waals surface area contributed by atoms with E-state index < -0.39 is 23.7 Å². The monoisotopic (exact) mass is 259 g/mol. The van der Waals surface area contributed by atoms with E-state index in [0.717, 1.165) is 6.07 Å². The van der Waals surface area contributed by atoms with Crippen molar-refractivity contribution in [2.45, 2.75) is 12.3 Å². The van der Waals surface area contributed by atoms with Crippen LogP contribution in [0.3, 0.4) is 0 Å². The van der Waals surface area contributed by atoms with E-state index in [1.54, 1.807) is 0 Å². The molecular formula is C12H9F4NO. The van der Waals surface area contributed by atoms with E-state index in [2.05, 4.69) is 4.98 Å². The topological polar surface area (TPSA) is 36.0 Å². The fourth-order valence-electron chi connectivity index (χ4n) is 1.63. The largest absolute Gasteiger partial charge is 0.419 e. The summed E-state index contributed by atoms with van der Waals surface area (Å²) in [6.07, 6.45) is -3.01. The molecule has 0 amide bonds. The quantitative estimate of drug-likeness (QED) is 0.798. The number of nitrogens with one attached hydrogen (secondary N) is 1. The van der Waals surface area contributed by atoms with Crippen molar-refractivity contribution in [3.63, 3.8) is 0 Å². The molecule has 0 aliphatic carbocycles. The fourth-order valence-corrected chi connectivity index (χ4v) is 1.63. The van der Waals surface area contributed by atoms with Crippen LogP contribution < -0.4 is 0 Å². The molecule has 6 heteroatoms. The van der Waals surface area contributed by atoms with Gasteiger partial charge in [-0.2, -0.15) is 13.2 Å². The number of aromatic amines is 1. The van der Waals surface area contributed by atoms with Crippen molar-refractivity contribution in [3.8, 4) is 0 Å². The van der Waals surface area contributed by atoms with E-state index in [0.29, 0.717) is 17.7 Å². The number of alkyl halides is 3. The third kappa shape index (κ3) is 2.38. The normalized spacial score (nSPS) is 13.6. The Bertz CT molecular complexity index is 534. The number of hydrogen-bond donors (Lipinski definition) is 2. The lowest BCUT2D eigenvalue weighted by Crippen LogP contribution is -2.10. The second-order valence-corrected chi connectivity index (χ2v) is 3.78. The van der Waals surface area contributed by atoms with Crippen LogP contribution in [0.2, 0.25) is 0 Å². The highest BCUT2D eigenvalue weighted by Gasteiger charge is 2.34. The molecule has 1 aromatic heterocycles. The fraction of sp³-hybridized carbons (Fsp3) is 0.167. The molecular weight excluding hydrogens is 250 g/mol. The number of rotatable bonds is 2. The minimum Gasteiger partial charge on any atom is -0.384 e. The van der Waals surface area contributed by atoms with Gasteiger partial charge in [-0.1, -0.05) is 6.07 Å². The third-order valence-electron chi connectivity index (χ3n) is 2.55. The van der Waals surface area contributed by atoms with Gasteiger partial charge in [0.15, 0.2) is 0 Å². The van der Waals surface area contributed by atoms with Gasteiger partial charge in [-0.3, -0.25) is 0 Å². The van der Waals surface area contributed by atoms with E-state index in [4.69, 9.17) is 0 Å². The molecule has 1 aromatic carbocycles. The van der Waals surface area contributed by atoms with Crippen LogP contribution in [-0.4, -0.2) is 10.1 Å². The van der Waals surface area contributed by atoms with Crippen LogP contribution in [0.5, 0.6) is 0 Å². The number of H-pyrrole nitrogens is 1. The van der Waals surface area contributed by atoms with Crippen molar-refractivity contribution in [2.75, 3.05) is 0 Å². The summed E-state index contributed by atoms with van der Waals surface area (Å²) in [7, 11) is 0. The van der Waals surface area contributed by atoms with Crippen molar-refractivity contribution in [1.29, 1.82) is 0 Å². The number of halogens is 4. The van der Waals surface area contributed by atoms with Gasteiger partial charge in [0, 0.05) is 18.0 Å². The summed E-state index contributed by atoms with van der Waals surface area (Å²) in [4.78, 5) is 2.68. The van der Waals surface area contributed by atoms with Gasteiger partial charge in [-0.15, -0.1) is 0 Å². The molecule has 0 saturated heterocycles. The zero-order valence-electron chi connectivity index (χ0n) is 9.00. The van der Waals surface area contributed by atoms with Crippen LogP contribution in [0.15, 0.2) is 36.7 Å². The van der Waals surface area contributed by atoms with Gasteiger partial charge in [0.25, 0.3) is 0 Å². The minimum atomic E-state index is -4.78. The lowest BCUT2D eigenvalue weighted by Gasteiger charge is -2.13. The summed E-state index contributed by atoms with van der Waals surface area (Å²) in [5.74, 6) is -1.35.